The molecule has 82 valence electrons. The van der Waals surface area contributed by atoms with E-state index in [0.717, 1.165) is 17.3 Å². The first-order valence-electron chi connectivity index (χ1n) is 5.39. The lowest BCUT2D eigenvalue weighted by molar-refractivity contribution is 0.424. The van der Waals surface area contributed by atoms with Crippen molar-refractivity contribution >= 4 is 23.0 Å². The van der Waals surface area contributed by atoms with Crippen molar-refractivity contribution in [2.75, 3.05) is 0 Å². The largest absolute Gasteiger partial charge is 0.481 e. The summed E-state index contributed by atoms with van der Waals surface area (Å²) in [4.78, 5) is 0. The molecule has 0 heterocycles. The third-order valence-electron chi connectivity index (χ3n) is 2.10. The lowest BCUT2D eigenvalue weighted by Gasteiger charge is -2.00. The summed E-state index contributed by atoms with van der Waals surface area (Å²) in [5.74, 6) is 1.42. The molecule has 0 aromatic rings. The smallest absolute Gasteiger partial charge is 0.424 e. The second kappa shape index (κ2) is 9.75. The first kappa shape index (κ1) is 14.2. The fraction of sp³-hybridized carbons (Fsp3) is 0.800. The van der Waals surface area contributed by atoms with E-state index in [2.05, 4.69) is 22.9 Å². The first-order valence-corrected chi connectivity index (χ1v) is 6.18. The highest BCUT2D eigenvalue weighted by Gasteiger charge is 2.02. The minimum atomic E-state index is -1.33. The van der Waals surface area contributed by atoms with Gasteiger partial charge >= 0.3 is 7.12 Å². The van der Waals surface area contributed by atoms with Gasteiger partial charge in [0.05, 0.1) is 0 Å². The van der Waals surface area contributed by atoms with E-state index in [1.807, 2.05) is 0 Å². The molecule has 0 rings (SSSR count). The van der Waals surface area contributed by atoms with E-state index in [9.17, 15) is 0 Å². The van der Waals surface area contributed by atoms with Crippen molar-refractivity contribution in [3.05, 3.63) is 10.5 Å². The number of allylic oxidation sites excluding steroid dienone is 1. The topological polar surface area (TPSA) is 40.5 Å². The number of unbranched alkanes of at least 4 members (excludes halogenated alkanes) is 5. The van der Waals surface area contributed by atoms with Gasteiger partial charge in [0.25, 0.3) is 0 Å². The molecule has 0 bridgehead atoms. The van der Waals surface area contributed by atoms with Gasteiger partial charge in [0.2, 0.25) is 0 Å². The molecular weight excluding hydrogens is 243 g/mol. The molecule has 2 nitrogen and oxygen atoms in total. The Morgan fingerprint density at radius 2 is 1.71 bits per heavy atom. The van der Waals surface area contributed by atoms with Gasteiger partial charge in [0.1, 0.15) is 0 Å². The first-order chi connectivity index (χ1) is 6.66. The van der Waals surface area contributed by atoms with Crippen molar-refractivity contribution in [3.8, 4) is 0 Å². The normalized spacial score (nSPS) is 11.9. The molecule has 0 aliphatic rings. The zero-order chi connectivity index (χ0) is 10.8. The van der Waals surface area contributed by atoms with Crippen LogP contribution in [0.15, 0.2) is 10.5 Å². The van der Waals surface area contributed by atoms with E-state index in [-0.39, 0.29) is 0 Å². The van der Waals surface area contributed by atoms with E-state index < -0.39 is 7.12 Å². The second-order valence-corrected chi connectivity index (χ2v) is 4.56. The van der Waals surface area contributed by atoms with Crippen molar-refractivity contribution < 1.29 is 10.0 Å². The van der Waals surface area contributed by atoms with E-state index in [0.29, 0.717) is 0 Å². The van der Waals surface area contributed by atoms with Crippen LogP contribution in [0, 0.1) is 0 Å². The van der Waals surface area contributed by atoms with E-state index in [1.54, 1.807) is 0 Å². The molecule has 0 aliphatic heterocycles. The SMILES string of the molecule is CCCCCCCC/C(Br)=C/B(O)O. The fourth-order valence-electron chi connectivity index (χ4n) is 1.32. The van der Waals surface area contributed by atoms with Gasteiger partial charge in [-0.1, -0.05) is 55.0 Å². The molecule has 0 unspecified atom stereocenters. The minimum absolute atomic E-state index is 0.892. The molecule has 0 aliphatic carbocycles. The van der Waals surface area contributed by atoms with Gasteiger partial charge in [-0.3, -0.25) is 0 Å². The molecule has 0 spiro atoms. The fourth-order valence-corrected chi connectivity index (χ4v) is 1.84. The van der Waals surface area contributed by atoms with Gasteiger partial charge < -0.3 is 10.0 Å². The van der Waals surface area contributed by atoms with Crippen molar-refractivity contribution in [3.63, 3.8) is 0 Å². The van der Waals surface area contributed by atoms with Crippen LogP contribution < -0.4 is 0 Å². The van der Waals surface area contributed by atoms with Crippen LogP contribution in [-0.2, 0) is 0 Å². The summed E-state index contributed by atoms with van der Waals surface area (Å²) in [5.41, 5.74) is 0. The Bertz CT molecular complexity index is 160. The van der Waals surface area contributed by atoms with Gasteiger partial charge in [-0.15, -0.1) is 0 Å². The lowest BCUT2D eigenvalue weighted by atomic mass is 9.91. The molecule has 0 radical (unpaired) electrons. The number of rotatable bonds is 8. The van der Waals surface area contributed by atoms with E-state index in [4.69, 9.17) is 10.0 Å². The average molecular weight is 263 g/mol. The Hall–Kier alpha value is 0.205. The molecule has 0 amide bonds. The summed E-state index contributed by atoms with van der Waals surface area (Å²) in [6.45, 7) is 2.21. The highest BCUT2D eigenvalue weighted by Crippen LogP contribution is 2.16. The molecule has 0 saturated carbocycles. The molecule has 0 atom stereocenters. The Kier molecular flexibility index (Phi) is 9.89. The highest BCUT2D eigenvalue weighted by atomic mass is 79.9. The van der Waals surface area contributed by atoms with Crippen LogP contribution in [0.1, 0.15) is 51.9 Å². The Morgan fingerprint density at radius 3 is 2.29 bits per heavy atom. The van der Waals surface area contributed by atoms with Crippen LogP contribution in [0.2, 0.25) is 0 Å². The maximum absolute atomic E-state index is 8.64. The van der Waals surface area contributed by atoms with Crippen molar-refractivity contribution in [1.29, 1.82) is 0 Å². The quantitative estimate of drug-likeness (QED) is 0.522. The molecule has 2 N–H and O–H groups in total. The third kappa shape index (κ3) is 10.3. The van der Waals surface area contributed by atoms with Crippen molar-refractivity contribution in [2.45, 2.75) is 51.9 Å². The van der Waals surface area contributed by atoms with Gasteiger partial charge in [-0.05, 0) is 23.3 Å². The molecule has 0 fully saturated rings. The van der Waals surface area contributed by atoms with Crippen LogP contribution in [0.4, 0.5) is 0 Å². The van der Waals surface area contributed by atoms with Gasteiger partial charge in [-0.2, -0.15) is 0 Å². The van der Waals surface area contributed by atoms with E-state index in [1.165, 1.54) is 38.1 Å². The van der Waals surface area contributed by atoms with Crippen LogP contribution in [-0.4, -0.2) is 17.2 Å². The zero-order valence-corrected chi connectivity index (χ0v) is 10.5. The van der Waals surface area contributed by atoms with E-state index >= 15 is 0 Å². The summed E-state index contributed by atoms with van der Waals surface area (Å²) in [6, 6.07) is 0. The highest BCUT2D eigenvalue weighted by molar-refractivity contribution is 9.11. The molecular formula is C10H20BBrO2. The average Bonchev–Trinajstić information content (AvgIpc) is 2.10. The summed E-state index contributed by atoms with van der Waals surface area (Å²) in [6.07, 6.45) is 8.46. The standard InChI is InChI=1S/C10H20BBrO2/c1-2-3-4-5-6-7-8-10(12)9-11(13)14/h9,13-14H,2-8H2,1H3/b10-9-. The Morgan fingerprint density at radius 1 is 1.14 bits per heavy atom. The summed E-state index contributed by atoms with van der Waals surface area (Å²) in [5, 5.41) is 17.3. The maximum Gasteiger partial charge on any atom is 0.481 e. The Balaban J connectivity index is 3.27. The van der Waals surface area contributed by atoms with Crippen LogP contribution in [0.25, 0.3) is 0 Å². The number of halogens is 1. The predicted molar refractivity (Wildman–Crippen MR) is 65.2 cm³/mol. The molecule has 0 aromatic carbocycles. The minimum Gasteiger partial charge on any atom is -0.424 e. The van der Waals surface area contributed by atoms with Gasteiger partial charge in [0.15, 0.2) is 0 Å². The van der Waals surface area contributed by atoms with Crippen molar-refractivity contribution in [1.82, 2.24) is 0 Å². The third-order valence-corrected chi connectivity index (χ3v) is 2.76. The van der Waals surface area contributed by atoms with Crippen LogP contribution in [0.5, 0.6) is 0 Å². The summed E-state index contributed by atoms with van der Waals surface area (Å²) >= 11 is 3.30. The van der Waals surface area contributed by atoms with Crippen LogP contribution >= 0.6 is 15.9 Å². The second-order valence-electron chi connectivity index (χ2n) is 3.54. The van der Waals surface area contributed by atoms with Crippen LogP contribution in [0.3, 0.4) is 0 Å². The Labute approximate surface area is 95.7 Å². The van der Waals surface area contributed by atoms with Gasteiger partial charge in [0, 0.05) is 0 Å². The molecule has 4 heteroatoms. The number of hydrogen-bond donors (Lipinski definition) is 2. The predicted octanol–water partition coefficient (Wildman–Crippen LogP) is 3.03. The van der Waals surface area contributed by atoms with Gasteiger partial charge in [-0.25, -0.2) is 0 Å². The summed E-state index contributed by atoms with van der Waals surface area (Å²) < 4.78 is 0.892. The zero-order valence-electron chi connectivity index (χ0n) is 8.88. The molecule has 0 saturated heterocycles. The molecule has 0 aromatic heterocycles. The summed E-state index contributed by atoms with van der Waals surface area (Å²) in [7, 11) is -1.33. The molecule has 14 heavy (non-hydrogen) atoms. The monoisotopic (exact) mass is 262 g/mol. The van der Waals surface area contributed by atoms with Crippen molar-refractivity contribution in [2.24, 2.45) is 0 Å². The maximum atomic E-state index is 8.64. The lowest BCUT2D eigenvalue weighted by Crippen LogP contribution is -2.06. The number of hydrogen-bond acceptors (Lipinski definition) is 2.